The van der Waals surface area contributed by atoms with Gasteiger partial charge in [-0.2, -0.15) is 0 Å². The van der Waals surface area contributed by atoms with Gasteiger partial charge in [-0.25, -0.2) is 19.9 Å². The highest BCUT2D eigenvalue weighted by atomic mass is 14.9. The van der Waals surface area contributed by atoms with E-state index in [0.29, 0.717) is 5.82 Å². The molecule has 0 aliphatic carbocycles. The molecule has 0 fully saturated rings. The third-order valence-electron chi connectivity index (χ3n) is 7.24. The molecular formula is C32H18N4. The molecule has 0 amide bonds. The molecule has 0 aliphatic rings. The van der Waals surface area contributed by atoms with Gasteiger partial charge in [0.05, 0.1) is 0 Å². The number of aromatic nitrogens is 4. The van der Waals surface area contributed by atoms with Gasteiger partial charge in [-0.3, -0.25) is 0 Å². The molecule has 0 bridgehead atoms. The van der Waals surface area contributed by atoms with Crippen LogP contribution >= 0.6 is 0 Å². The van der Waals surface area contributed by atoms with E-state index in [1.165, 1.54) is 32.3 Å². The Morgan fingerprint density at radius 1 is 0.417 bits per heavy atom. The van der Waals surface area contributed by atoms with E-state index in [1.807, 2.05) is 24.5 Å². The van der Waals surface area contributed by atoms with E-state index in [9.17, 15) is 0 Å². The van der Waals surface area contributed by atoms with Crippen LogP contribution in [0.3, 0.4) is 0 Å². The Bertz CT molecular complexity index is 1940. The van der Waals surface area contributed by atoms with Crippen LogP contribution in [0.5, 0.6) is 0 Å². The molecule has 6 aromatic carbocycles. The second-order valence-electron chi connectivity index (χ2n) is 9.14. The van der Waals surface area contributed by atoms with Gasteiger partial charge in [0.25, 0.3) is 0 Å². The first-order chi connectivity index (χ1) is 17.9. The fourth-order valence-corrected chi connectivity index (χ4v) is 5.61. The predicted molar refractivity (Wildman–Crippen MR) is 148 cm³/mol. The van der Waals surface area contributed by atoms with Crippen LogP contribution in [0, 0.1) is 0 Å². The maximum absolute atomic E-state index is 5.07. The van der Waals surface area contributed by atoms with Crippen molar-refractivity contribution in [3.05, 3.63) is 110 Å². The summed E-state index contributed by atoms with van der Waals surface area (Å²) in [6.07, 6.45) is 5.40. The molecule has 36 heavy (non-hydrogen) atoms. The SMILES string of the molecule is c1ccc2c(c1)c1ccccc1c1cc(-c3ncc4c5ccccc5c5cncnc5c4n3)ccc21. The summed E-state index contributed by atoms with van der Waals surface area (Å²) in [4.78, 5) is 18.8. The van der Waals surface area contributed by atoms with Gasteiger partial charge in [0.2, 0.25) is 0 Å². The van der Waals surface area contributed by atoms with Gasteiger partial charge >= 0.3 is 0 Å². The minimum absolute atomic E-state index is 0.692. The summed E-state index contributed by atoms with van der Waals surface area (Å²) >= 11 is 0. The Morgan fingerprint density at radius 2 is 0.944 bits per heavy atom. The molecule has 0 saturated heterocycles. The largest absolute Gasteiger partial charge is 0.244 e. The maximum Gasteiger partial charge on any atom is 0.159 e. The zero-order valence-electron chi connectivity index (χ0n) is 19.2. The summed E-state index contributed by atoms with van der Waals surface area (Å²) in [5.41, 5.74) is 2.68. The second kappa shape index (κ2) is 7.27. The Balaban J connectivity index is 1.45. The van der Waals surface area contributed by atoms with Crippen LogP contribution in [0.15, 0.2) is 110 Å². The highest BCUT2D eigenvalue weighted by Crippen LogP contribution is 2.37. The summed E-state index contributed by atoms with van der Waals surface area (Å²) < 4.78 is 0. The third kappa shape index (κ3) is 2.64. The number of hydrogen-bond donors (Lipinski definition) is 0. The minimum Gasteiger partial charge on any atom is -0.244 e. The van der Waals surface area contributed by atoms with E-state index < -0.39 is 0 Å². The van der Waals surface area contributed by atoms with Crippen molar-refractivity contribution in [2.45, 2.75) is 0 Å². The molecule has 0 aliphatic heterocycles. The van der Waals surface area contributed by atoms with Gasteiger partial charge in [-0.15, -0.1) is 0 Å². The molecule has 0 saturated carbocycles. The quantitative estimate of drug-likeness (QED) is 0.235. The van der Waals surface area contributed by atoms with E-state index in [1.54, 1.807) is 6.33 Å². The highest BCUT2D eigenvalue weighted by Gasteiger charge is 2.14. The lowest BCUT2D eigenvalue weighted by atomic mass is 9.93. The van der Waals surface area contributed by atoms with Crippen molar-refractivity contribution in [1.82, 2.24) is 19.9 Å². The van der Waals surface area contributed by atoms with Gasteiger partial charge in [0, 0.05) is 28.7 Å². The van der Waals surface area contributed by atoms with Crippen LogP contribution in [-0.2, 0) is 0 Å². The average molecular weight is 459 g/mol. The fourth-order valence-electron chi connectivity index (χ4n) is 5.61. The van der Waals surface area contributed by atoms with E-state index >= 15 is 0 Å². The van der Waals surface area contributed by atoms with Crippen molar-refractivity contribution < 1.29 is 0 Å². The molecule has 2 heterocycles. The molecule has 0 radical (unpaired) electrons. The summed E-state index contributed by atoms with van der Waals surface area (Å²) in [5, 5.41) is 11.7. The average Bonchev–Trinajstić information content (AvgIpc) is 2.97. The van der Waals surface area contributed by atoms with Crippen LogP contribution < -0.4 is 0 Å². The normalized spacial score (nSPS) is 11.9. The van der Waals surface area contributed by atoms with Gasteiger partial charge in [0.1, 0.15) is 17.4 Å². The zero-order chi connectivity index (χ0) is 23.6. The van der Waals surface area contributed by atoms with E-state index in [-0.39, 0.29) is 0 Å². The van der Waals surface area contributed by atoms with Crippen LogP contribution in [-0.4, -0.2) is 19.9 Å². The summed E-state index contributed by atoms with van der Waals surface area (Å²) in [5.74, 6) is 0.692. The van der Waals surface area contributed by atoms with Crippen molar-refractivity contribution in [3.63, 3.8) is 0 Å². The number of rotatable bonds is 1. The Labute approximate surface area is 205 Å². The molecule has 0 N–H and O–H groups in total. The monoisotopic (exact) mass is 458 g/mol. The van der Waals surface area contributed by atoms with Crippen LogP contribution in [0.25, 0.3) is 76.3 Å². The summed E-state index contributed by atoms with van der Waals surface area (Å²) in [6.45, 7) is 0. The molecule has 0 unspecified atom stereocenters. The number of fused-ring (bicyclic) bond motifs is 12. The van der Waals surface area contributed by atoms with Gasteiger partial charge in [-0.05, 0) is 49.2 Å². The number of hydrogen-bond acceptors (Lipinski definition) is 4. The lowest BCUT2D eigenvalue weighted by Gasteiger charge is -2.12. The van der Waals surface area contributed by atoms with Crippen molar-refractivity contribution >= 4 is 64.9 Å². The molecular weight excluding hydrogens is 440 g/mol. The number of benzene rings is 6. The molecule has 8 aromatic rings. The molecule has 0 atom stereocenters. The van der Waals surface area contributed by atoms with Crippen molar-refractivity contribution in [1.29, 1.82) is 0 Å². The van der Waals surface area contributed by atoms with E-state index in [4.69, 9.17) is 9.97 Å². The lowest BCUT2D eigenvalue weighted by Crippen LogP contribution is -1.94. The van der Waals surface area contributed by atoms with Crippen molar-refractivity contribution in [2.75, 3.05) is 0 Å². The first-order valence-electron chi connectivity index (χ1n) is 12.0. The molecule has 4 nitrogen and oxygen atoms in total. The Morgan fingerprint density at radius 3 is 1.58 bits per heavy atom. The van der Waals surface area contributed by atoms with Crippen LogP contribution in [0.4, 0.5) is 0 Å². The van der Waals surface area contributed by atoms with Gasteiger partial charge < -0.3 is 0 Å². The third-order valence-corrected chi connectivity index (χ3v) is 7.24. The highest BCUT2D eigenvalue weighted by molar-refractivity contribution is 6.26. The van der Waals surface area contributed by atoms with Gasteiger partial charge in [0.15, 0.2) is 5.82 Å². The van der Waals surface area contributed by atoms with E-state index in [2.05, 4.69) is 88.8 Å². The minimum atomic E-state index is 0.692. The van der Waals surface area contributed by atoms with Gasteiger partial charge in [-0.1, -0.05) is 84.9 Å². The van der Waals surface area contributed by atoms with Crippen molar-refractivity contribution in [2.24, 2.45) is 0 Å². The molecule has 0 spiro atoms. The predicted octanol–water partition coefficient (Wildman–Crippen LogP) is 7.85. The summed E-state index contributed by atoms with van der Waals surface area (Å²) in [7, 11) is 0. The molecule has 2 aromatic heterocycles. The van der Waals surface area contributed by atoms with Crippen LogP contribution in [0.1, 0.15) is 0 Å². The first kappa shape index (κ1) is 19.4. The summed E-state index contributed by atoms with van der Waals surface area (Å²) in [6, 6.07) is 32.1. The number of nitrogens with zero attached hydrogens (tertiary/aromatic N) is 4. The Hall–Kier alpha value is -4.96. The Kier molecular flexibility index (Phi) is 3.91. The maximum atomic E-state index is 5.07. The first-order valence-corrected chi connectivity index (χ1v) is 12.0. The van der Waals surface area contributed by atoms with Crippen molar-refractivity contribution in [3.8, 4) is 11.4 Å². The second-order valence-corrected chi connectivity index (χ2v) is 9.14. The molecule has 8 rings (SSSR count). The van der Waals surface area contributed by atoms with E-state index in [0.717, 1.165) is 38.1 Å². The zero-order valence-corrected chi connectivity index (χ0v) is 19.2. The lowest BCUT2D eigenvalue weighted by molar-refractivity contribution is 1.21. The molecule has 166 valence electrons. The van der Waals surface area contributed by atoms with Crippen LogP contribution in [0.2, 0.25) is 0 Å². The topological polar surface area (TPSA) is 51.6 Å². The smallest absolute Gasteiger partial charge is 0.159 e. The fraction of sp³-hybridized carbons (Fsp3) is 0. The molecule has 4 heteroatoms. The standard InChI is InChI=1S/C32H18N4/c1-2-9-22-20(7-1)21-8-3-4-10-23(21)27-15-19(13-14-26(22)27)32-34-17-29-25-12-6-5-11-24(25)28-16-33-18-35-30(28)31(29)36-32/h1-18H.